The summed E-state index contributed by atoms with van der Waals surface area (Å²) in [5, 5.41) is -0.329. The Morgan fingerprint density at radius 1 is 1.10 bits per heavy atom. The molecule has 0 N–H and O–H groups in total. The standard InChI is InChI=1S/C22H21NO6S/c1-13-7-5-6-8-16(13)12-23-21(25)19(30-22(23)26)11-15-9-17(27-3)20(29-14(2)24)18(10-15)28-4/h5-11H,12H2,1-4H3/b19-11-. The molecule has 1 aliphatic heterocycles. The van der Waals surface area contributed by atoms with E-state index in [2.05, 4.69) is 0 Å². The lowest BCUT2D eigenvalue weighted by molar-refractivity contribution is -0.132. The summed E-state index contributed by atoms with van der Waals surface area (Å²) in [6.45, 7) is 3.43. The molecule has 0 bridgehead atoms. The molecule has 2 amide bonds. The van der Waals surface area contributed by atoms with E-state index in [9.17, 15) is 14.4 Å². The first kappa shape index (κ1) is 21.4. The van der Waals surface area contributed by atoms with Crippen molar-refractivity contribution >= 4 is 35.0 Å². The summed E-state index contributed by atoms with van der Waals surface area (Å²) in [5.74, 6) is -0.186. The molecule has 0 spiro atoms. The molecular formula is C22H21NO6S. The van der Waals surface area contributed by atoms with Crippen LogP contribution in [0.3, 0.4) is 0 Å². The largest absolute Gasteiger partial charge is 0.493 e. The Hall–Kier alpha value is -3.26. The molecule has 0 radical (unpaired) electrons. The number of imide groups is 1. The Balaban J connectivity index is 1.91. The van der Waals surface area contributed by atoms with Crippen LogP contribution in [0.5, 0.6) is 17.2 Å². The van der Waals surface area contributed by atoms with Crippen molar-refractivity contribution in [1.29, 1.82) is 0 Å². The Morgan fingerprint density at radius 3 is 2.30 bits per heavy atom. The minimum Gasteiger partial charge on any atom is -0.493 e. The smallest absolute Gasteiger partial charge is 0.308 e. The summed E-state index contributed by atoms with van der Waals surface area (Å²) in [5.41, 5.74) is 2.49. The average Bonchev–Trinajstić information content (AvgIpc) is 2.97. The third-order valence-electron chi connectivity index (χ3n) is 4.49. The van der Waals surface area contributed by atoms with E-state index in [4.69, 9.17) is 14.2 Å². The second-order valence-corrected chi connectivity index (χ2v) is 7.54. The summed E-state index contributed by atoms with van der Waals surface area (Å²) < 4.78 is 15.8. The number of rotatable bonds is 6. The monoisotopic (exact) mass is 427 g/mol. The van der Waals surface area contributed by atoms with E-state index in [0.717, 1.165) is 22.9 Å². The Bertz CT molecular complexity index is 1020. The second kappa shape index (κ2) is 9.04. The van der Waals surface area contributed by atoms with Crippen molar-refractivity contribution in [3.8, 4) is 17.2 Å². The Kier molecular flexibility index (Phi) is 6.47. The highest BCUT2D eigenvalue weighted by molar-refractivity contribution is 8.18. The van der Waals surface area contributed by atoms with Crippen molar-refractivity contribution in [2.45, 2.75) is 20.4 Å². The van der Waals surface area contributed by atoms with Gasteiger partial charge in [-0.1, -0.05) is 24.3 Å². The molecule has 0 aromatic heterocycles. The van der Waals surface area contributed by atoms with Crippen LogP contribution in [-0.4, -0.2) is 36.2 Å². The van der Waals surface area contributed by atoms with E-state index in [1.54, 1.807) is 18.2 Å². The minimum atomic E-state index is -0.517. The maximum Gasteiger partial charge on any atom is 0.308 e. The van der Waals surface area contributed by atoms with Crippen molar-refractivity contribution in [2.75, 3.05) is 14.2 Å². The minimum absolute atomic E-state index is 0.150. The molecule has 1 aliphatic rings. The van der Waals surface area contributed by atoms with Gasteiger partial charge >= 0.3 is 5.97 Å². The van der Waals surface area contributed by atoms with Gasteiger partial charge in [-0.2, -0.15) is 0 Å². The van der Waals surface area contributed by atoms with Gasteiger partial charge < -0.3 is 14.2 Å². The van der Waals surface area contributed by atoms with Crippen LogP contribution in [0.25, 0.3) is 6.08 Å². The topological polar surface area (TPSA) is 82.1 Å². The Labute approximate surface area is 178 Å². The summed E-state index contributed by atoms with van der Waals surface area (Å²) in [6.07, 6.45) is 1.59. The lowest BCUT2D eigenvalue weighted by atomic mass is 10.1. The van der Waals surface area contributed by atoms with Gasteiger partial charge in [-0.15, -0.1) is 0 Å². The molecule has 30 heavy (non-hydrogen) atoms. The zero-order valence-electron chi connectivity index (χ0n) is 17.1. The van der Waals surface area contributed by atoms with Crippen molar-refractivity contribution in [3.05, 3.63) is 58.0 Å². The first-order chi connectivity index (χ1) is 14.3. The van der Waals surface area contributed by atoms with Crippen molar-refractivity contribution < 1.29 is 28.6 Å². The van der Waals surface area contributed by atoms with Gasteiger partial charge in [0.25, 0.3) is 11.1 Å². The molecular weight excluding hydrogens is 406 g/mol. The van der Waals surface area contributed by atoms with Gasteiger partial charge in [-0.05, 0) is 53.6 Å². The van der Waals surface area contributed by atoms with Crippen molar-refractivity contribution in [2.24, 2.45) is 0 Å². The average molecular weight is 427 g/mol. The predicted octanol–water partition coefficient (Wildman–Crippen LogP) is 4.17. The van der Waals surface area contributed by atoms with Crippen LogP contribution in [-0.2, 0) is 16.1 Å². The lowest BCUT2D eigenvalue weighted by Gasteiger charge is -2.14. The van der Waals surface area contributed by atoms with Crippen LogP contribution >= 0.6 is 11.8 Å². The van der Waals surface area contributed by atoms with E-state index in [-0.39, 0.29) is 39.8 Å². The molecule has 1 fully saturated rings. The van der Waals surface area contributed by atoms with Crippen LogP contribution in [0.2, 0.25) is 0 Å². The van der Waals surface area contributed by atoms with Crippen LogP contribution in [0.15, 0.2) is 41.3 Å². The number of nitrogens with zero attached hydrogens (tertiary/aromatic N) is 1. The van der Waals surface area contributed by atoms with E-state index < -0.39 is 5.97 Å². The summed E-state index contributed by atoms with van der Waals surface area (Å²) in [4.78, 5) is 38.2. The molecule has 3 rings (SSSR count). The maximum atomic E-state index is 12.8. The molecule has 0 unspecified atom stereocenters. The lowest BCUT2D eigenvalue weighted by Crippen LogP contribution is -2.27. The van der Waals surface area contributed by atoms with E-state index in [1.165, 1.54) is 26.0 Å². The number of ether oxygens (including phenoxy) is 3. The van der Waals surface area contributed by atoms with E-state index in [0.29, 0.717) is 5.56 Å². The number of thioether (sulfide) groups is 1. The highest BCUT2D eigenvalue weighted by atomic mass is 32.2. The van der Waals surface area contributed by atoms with Gasteiger partial charge in [0, 0.05) is 6.92 Å². The number of benzene rings is 2. The Morgan fingerprint density at radius 2 is 1.73 bits per heavy atom. The molecule has 2 aromatic rings. The van der Waals surface area contributed by atoms with Crippen molar-refractivity contribution in [1.82, 2.24) is 4.90 Å². The first-order valence-corrected chi connectivity index (χ1v) is 9.90. The summed E-state index contributed by atoms with van der Waals surface area (Å²) in [6, 6.07) is 10.8. The van der Waals surface area contributed by atoms with Gasteiger partial charge in [0.1, 0.15) is 0 Å². The third-order valence-corrected chi connectivity index (χ3v) is 5.40. The van der Waals surface area contributed by atoms with Gasteiger partial charge in [0.15, 0.2) is 11.5 Å². The molecule has 0 atom stereocenters. The first-order valence-electron chi connectivity index (χ1n) is 9.08. The van der Waals surface area contributed by atoms with E-state index in [1.807, 2.05) is 31.2 Å². The van der Waals surface area contributed by atoms with Gasteiger partial charge in [-0.25, -0.2) is 0 Å². The molecule has 0 saturated carbocycles. The highest BCUT2D eigenvalue weighted by Gasteiger charge is 2.35. The number of methoxy groups -OCH3 is 2. The molecule has 8 heteroatoms. The maximum absolute atomic E-state index is 12.8. The van der Waals surface area contributed by atoms with E-state index >= 15 is 0 Å². The molecule has 1 heterocycles. The normalized spacial score (nSPS) is 14.9. The van der Waals surface area contributed by atoms with Gasteiger partial charge in [-0.3, -0.25) is 19.3 Å². The molecule has 7 nitrogen and oxygen atoms in total. The number of carbonyl (C=O) groups excluding carboxylic acids is 3. The number of hydrogen-bond donors (Lipinski definition) is 0. The van der Waals surface area contributed by atoms with Crippen LogP contribution < -0.4 is 14.2 Å². The number of hydrogen-bond acceptors (Lipinski definition) is 7. The predicted molar refractivity (Wildman–Crippen MR) is 114 cm³/mol. The van der Waals surface area contributed by atoms with Crippen molar-refractivity contribution in [3.63, 3.8) is 0 Å². The fourth-order valence-electron chi connectivity index (χ4n) is 2.97. The quantitative estimate of drug-likeness (QED) is 0.389. The molecule has 2 aromatic carbocycles. The zero-order valence-corrected chi connectivity index (χ0v) is 17.9. The molecule has 0 aliphatic carbocycles. The summed E-state index contributed by atoms with van der Waals surface area (Å²) in [7, 11) is 2.86. The third kappa shape index (κ3) is 4.49. The highest BCUT2D eigenvalue weighted by Crippen LogP contribution is 2.41. The van der Waals surface area contributed by atoms with Crippen LogP contribution in [0, 0.1) is 6.92 Å². The number of esters is 1. The molecule has 1 saturated heterocycles. The number of carbonyl (C=O) groups is 3. The number of amides is 2. The zero-order chi connectivity index (χ0) is 21.8. The van der Waals surface area contributed by atoms with Crippen LogP contribution in [0.4, 0.5) is 4.79 Å². The molecule has 156 valence electrons. The second-order valence-electron chi connectivity index (χ2n) is 6.54. The summed E-state index contributed by atoms with van der Waals surface area (Å²) >= 11 is 0.875. The fraction of sp³-hybridized carbons (Fsp3) is 0.227. The van der Waals surface area contributed by atoms with Gasteiger partial charge in [0.05, 0.1) is 25.7 Å². The van der Waals surface area contributed by atoms with Gasteiger partial charge in [0.2, 0.25) is 5.75 Å². The number of aryl methyl sites for hydroxylation is 1. The fourth-order valence-corrected chi connectivity index (χ4v) is 3.81. The SMILES string of the molecule is COc1cc(/C=C2\SC(=O)N(Cc3ccccc3C)C2=O)cc(OC)c1OC(C)=O. The van der Waals surface area contributed by atoms with Crippen LogP contribution in [0.1, 0.15) is 23.6 Å².